The van der Waals surface area contributed by atoms with E-state index in [-0.39, 0.29) is 25.5 Å². The van der Waals surface area contributed by atoms with Crippen LogP contribution in [0.2, 0.25) is 0 Å². The summed E-state index contributed by atoms with van der Waals surface area (Å²) in [6.45, 7) is -1.56. The minimum Gasteiger partial charge on any atom is -0.484 e. The van der Waals surface area contributed by atoms with Gasteiger partial charge < -0.3 is 19.9 Å². The van der Waals surface area contributed by atoms with Gasteiger partial charge in [-0.1, -0.05) is 12.1 Å². The minimum atomic E-state index is -4.38. The smallest absolute Gasteiger partial charge is 0.422 e. The fourth-order valence-electron chi connectivity index (χ4n) is 1.23. The largest absolute Gasteiger partial charge is 0.484 e. The monoisotopic (exact) mass is 293 g/mol. The molecule has 112 valence electrons. The van der Waals surface area contributed by atoms with Crippen molar-refractivity contribution in [1.82, 2.24) is 5.32 Å². The number of halogens is 3. The van der Waals surface area contributed by atoms with E-state index in [1.807, 2.05) is 0 Å². The highest BCUT2D eigenvalue weighted by molar-refractivity contribution is 5.67. The maximum Gasteiger partial charge on any atom is 0.422 e. The molecule has 2 N–H and O–H groups in total. The van der Waals surface area contributed by atoms with Gasteiger partial charge in [0.05, 0.1) is 6.61 Å². The third-order valence-corrected chi connectivity index (χ3v) is 2.09. The summed E-state index contributed by atoms with van der Waals surface area (Å²) in [6, 6.07) is 5.81. The first-order valence-corrected chi connectivity index (χ1v) is 5.70. The molecule has 0 aliphatic carbocycles. The minimum absolute atomic E-state index is 0.0916. The van der Waals surface area contributed by atoms with E-state index in [0.29, 0.717) is 5.56 Å². The third-order valence-electron chi connectivity index (χ3n) is 2.09. The van der Waals surface area contributed by atoms with E-state index in [4.69, 9.17) is 5.11 Å². The van der Waals surface area contributed by atoms with Gasteiger partial charge in [-0.2, -0.15) is 13.2 Å². The first-order chi connectivity index (χ1) is 9.40. The zero-order valence-electron chi connectivity index (χ0n) is 10.4. The van der Waals surface area contributed by atoms with E-state index in [0.717, 1.165) is 0 Å². The van der Waals surface area contributed by atoms with Crippen molar-refractivity contribution in [2.45, 2.75) is 12.7 Å². The second-order valence-corrected chi connectivity index (χ2v) is 3.76. The highest BCUT2D eigenvalue weighted by atomic mass is 19.4. The maximum absolute atomic E-state index is 11.9. The van der Waals surface area contributed by atoms with Gasteiger partial charge in [0.25, 0.3) is 0 Å². The van der Waals surface area contributed by atoms with E-state index in [1.54, 1.807) is 0 Å². The molecule has 0 unspecified atom stereocenters. The van der Waals surface area contributed by atoms with E-state index >= 15 is 0 Å². The number of amides is 1. The molecule has 0 aliphatic rings. The van der Waals surface area contributed by atoms with E-state index < -0.39 is 18.9 Å². The molecule has 0 heterocycles. The van der Waals surface area contributed by atoms with Crippen LogP contribution in [-0.4, -0.2) is 37.2 Å². The van der Waals surface area contributed by atoms with Gasteiger partial charge in [-0.25, -0.2) is 4.79 Å². The number of alkyl carbamates (subject to hydrolysis) is 1. The summed E-state index contributed by atoms with van der Waals surface area (Å²) in [5, 5.41) is 10.9. The van der Waals surface area contributed by atoms with Crippen molar-refractivity contribution in [2.75, 3.05) is 19.8 Å². The summed E-state index contributed by atoms with van der Waals surface area (Å²) in [5.74, 6) is 0.0916. The fraction of sp³-hybridized carbons (Fsp3) is 0.417. The standard InChI is InChI=1S/C12H14F3NO4/c13-12(14,15)8-20-10-3-1-9(2-4-10)7-16-11(18)19-6-5-17/h1-4,17H,5-8H2,(H,16,18). The Bertz CT molecular complexity index is 420. The van der Waals surface area contributed by atoms with Crippen molar-refractivity contribution in [1.29, 1.82) is 0 Å². The van der Waals surface area contributed by atoms with Gasteiger partial charge in [0.1, 0.15) is 12.4 Å². The predicted molar refractivity (Wildman–Crippen MR) is 63.3 cm³/mol. The summed E-state index contributed by atoms with van der Waals surface area (Å²) in [5.41, 5.74) is 0.672. The molecule has 0 radical (unpaired) electrons. The van der Waals surface area contributed by atoms with Crippen molar-refractivity contribution >= 4 is 6.09 Å². The zero-order valence-corrected chi connectivity index (χ0v) is 10.4. The lowest BCUT2D eigenvalue weighted by atomic mass is 10.2. The molecular formula is C12H14F3NO4. The van der Waals surface area contributed by atoms with Crippen molar-refractivity contribution in [2.24, 2.45) is 0 Å². The Balaban J connectivity index is 2.37. The number of aliphatic hydroxyl groups excluding tert-OH is 1. The van der Waals surface area contributed by atoms with Crippen LogP contribution in [0.1, 0.15) is 5.56 Å². The van der Waals surface area contributed by atoms with Crippen LogP contribution in [0.4, 0.5) is 18.0 Å². The third kappa shape index (κ3) is 6.83. The summed E-state index contributed by atoms with van der Waals surface area (Å²) in [7, 11) is 0. The molecule has 1 rings (SSSR count). The normalized spacial score (nSPS) is 11.0. The number of nitrogens with one attached hydrogen (secondary N) is 1. The van der Waals surface area contributed by atoms with Crippen LogP contribution in [-0.2, 0) is 11.3 Å². The van der Waals surface area contributed by atoms with Crippen molar-refractivity contribution in [3.05, 3.63) is 29.8 Å². The van der Waals surface area contributed by atoms with Crippen LogP contribution in [0, 0.1) is 0 Å². The molecule has 0 bridgehead atoms. The molecule has 0 atom stereocenters. The van der Waals surface area contributed by atoms with Crippen LogP contribution < -0.4 is 10.1 Å². The van der Waals surface area contributed by atoms with Gasteiger partial charge >= 0.3 is 12.3 Å². The first-order valence-electron chi connectivity index (χ1n) is 5.70. The SMILES string of the molecule is O=C(NCc1ccc(OCC(F)(F)F)cc1)OCCO. The Morgan fingerprint density at radius 3 is 2.45 bits per heavy atom. The number of alkyl halides is 3. The van der Waals surface area contributed by atoms with Crippen LogP contribution >= 0.6 is 0 Å². The second kappa shape index (κ2) is 7.59. The van der Waals surface area contributed by atoms with Gasteiger partial charge in [0, 0.05) is 6.54 Å². The average molecular weight is 293 g/mol. The molecule has 0 saturated heterocycles. The molecule has 0 spiro atoms. The second-order valence-electron chi connectivity index (χ2n) is 3.76. The number of carbonyl (C=O) groups excluding carboxylic acids is 1. The molecule has 1 amide bonds. The molecule has 0 aliphatic heterocycles. The Hall–Kier alpha value is -1.96. The van der Waals surface area contributed by atoms with Crippen LogP contribution in [0.5, 0.6) is 5.75 Å². The molecule has 0 fully saturated rings. The van der Waals surface area contributed by atoms with Gasteiger partial charge in [0.2, 0.25) is 0 Å². The van der Waals surface area contributed by atoms with Crippen molar-refractivity contribution in [3.8, 4) is 5.75 Å². The quantitative estimate of drug-likeness (QED) is 0.840. The number of ether oxygens (including phenoxy) is 2. The molecule has 1 aromatic rings. The number of benzene rings is 1. The van der Waals surface area contributed by atoms with Gasteiger partial charge in [0.15, 0.2) is 6.61 Å². The van der Waals surface area contributed by atoms with E-state index in [2.05, 4.69) is 14.8 Å². The van der Waals surface area contributed by atoms with Crippen LogP contribution in [0.3, 0.4) is 0 Å². The first kappa shape index (κ1) is 16.1. The molecule has 1 aromatic carbocycles. The van der Waals surface area contributed by atoms with Gasteiger partial charge in [-0.15, -0.1) is 0 Å². The Morgan fingerprint density at radius 1 is 1.25 bits per heavy atom. The number of hydrogen-bond donors (Lipinski definition) is 2. The zero-order chi connectivity index (χ0) is 15.0. The molecule has 0 aromatic heterocycles. The van der Waals surface area contributed by atoms with Gasteiger partial charge in [-0.3, -0.25) is 0 Å². The Kier molecular flexibility index (Phi) is 6.10. The highest BCUT2D eigenvalue weighted by Crippen LogP contribution is 2.18. The van der Waals surface area contributed by atoms with Crippen molar-refractivity contribution in [3.63, 3.8) is 0 Å². The summed E-state index contributed by atoms with van der Waals surface area (Å²) in [4.78, 5) is 11.1. The Morgan fingerprint density at radius 2 is 1.90 bits per heavy atom. The van der Waals surface area contributed by atoms with Gasteiger partial charge in [-0.05, 0) is 17.7 Å². The number of aliphatic hydroxyl groups is 1. The topological polar surface area (TPSA) is 67.8 Å². The number of rotatable bonds is 6. The summed E-state index contributed by atoms with van der Waals surface area (Å²) in [6.07, 6.45) is -5.06. The van der Waals surface area contributed by atoms with E-state index in [9.17, 15) is 18.0 Å². The lowest BCUT2D eigenvalue weighted by Gasteiger charge is -2.10. The summed E-state index contributed by atoms with van der Waals surface area (Å²) >= 11 is 0. The van der Waals surface area contributed by atoms with Crippen LogP contribution in [0.25, 0.3) is 0 Å². The summed E-state index contributed by atoms with van der Waals surface area (Å²) < 4.78 is 44.9. The molecule has 5 nitrogen and oxygen atoms in total. The van der Waals surface area contributed by atoms with E-state index in [1.165, 1.54) is 24.3 Å². The van der Waals surface area contributed by atoms with Crippen molar-refractivity contribution < 1.29 is 32.5 Å². The molecule has 8 heteroatoms. The fourth-order valence-corrected chi connectivity index (χ4v) is 1.23. The maximum atomic E-state index is 11.9. The Labute approximate surface area is 113 Å². The highest BCUT2D eigenvalue weighted by Gasteiger charge is 2.28. The van der Waals surface area contributed by atoms with Crippen LogP contribution in [0.15, 0.2) is 24.3 Å². The number of hydrogen-bond acceptors (Lipinski definition) is 4. The lowest BCUT2D eigenvalue weighted by Crippen LogP contribution is -2.24. The lowest BCUT2D eigenvalue weighted by molar-refractivity contribution is -0.153. The molecular weight excluding hydrogens is 279 g/mol. The number of carbonyl (C=O) groups is 1. The molecule has 0 saturated carbocycles. The molecule has 20 heavy (non-hydrogen) atoms. The predicted octanol–water partition coefficient (Wildman–Crippen LogP) is 1.85. The average Bonchev–Trinajstić information content (AvgIpc) is 2.41.